The third-order valence-corrected chi connectivity index (χ3v) is 4.13. The number of hydrogen-bond donors (Lipinski definition) is 2. The van der Waals surface area contributed by atoms with Crippen LogP contribution in [0.2, 0.25) is 0 Å². The minimum absolute atomic E-state index is 0.370. The van der Waals surface area contributed by atoms with Crippen LogP contribution in [-0.2, 0) is 6.54 Å². The monoisotopic (exact) mass is 261 g/mol. The molecule has 0 spiro atoms. The largest absolute Gasteiger partial charge is 0.366 e. The van der Waals surface area contributed by atoms with E-state index in [4.69, 9.17) is 11.5 Å². The number of primary amides is 1. The van der Waals surface area contributed by atoms with Crippen molar-refractivity contribution in [3.63, 3.8) is 0 Å². The fraction of sp³-hybridized carbons (Fsp3) is 0.533. The van der Waals surface area contributed by atoms with Gasteiger partial charge in [0.25, 0.3) is 0 Å². The zero-order chi connectivity index (χ0) is 13.8. The Kier molecular flexibility index (Phi) is 4.56. The highest BCUT2D eigenvalue weighted by molar-refractivity contribution is 5.92. The average Bonchev–Trinajstić information content (AvgIpc) is 2.87. The summed E-state index contributed by atoms with van der Waals surface area (Å²) >= 11 is 0. The van der Waals surface area contributed by atoms with Crippen LogP contribution < -0.4 is 11.5 Å². The zero-order valence-electron chi connectivity index (χ0n) is 11.5. The normalized spacial score (nSPS) is 22.9. The molecule has 0 saturated heterocycles. The summed E-state index contributed by atoms with van der Waals surface area (Å²) in [6.07, 6.45) is 3.71. The fourth-order valence-corrected chi connectivity index (χ4v) is 3.10. The summed E-state index contributed by atoms with van der Waals surface area (Å²) < 4.78 is 0. The van der Waals surface area contributed by atoms with Crippen molar-refractivity contribution in [1.82, 2.24) is 4.90 Å². The van der Waals surface area contributed by atoms with Gasteiger partial charge in [-0.15, -0.1) is 0 Å². The van der Waals surface area contributed by atoms with Crippen LogP contribution in [0, 0.1) is 5.92 Å². The van der Waals surface area contributed by atoms with E-state index < -0.39 is 0 Å². The third-order valence-electron chi connectivity index (χ3n) is 4.13. The lowest BCUT2D eigenvalue weighted by molar-refractivity contribution is 0.1000. The van der Waals surface area contributed by atoms with E-state index in [1.807, 2.05) is 18.2 Å². The number of hydrogen-bond acceptors (Lipinski definition) is 3. The number of carbonyl (C=O) groups excluding carboxylic acids is 1. The van der Waals surface area contributed by atoms with Gasteiger partial charge in [0.05, 0.1) is 0 Å². The predicted octanol–water partition coefficient (Wildman–Crippen LogP) is 1.34. The Morgan fingerprint density at radius 3 is 2.89 bits per heavy atom. The van der Waals surface area contributed by atoms with Crippen LogP contribution in [0.25, 0.3) is 0 Å². The van der Waals surface area contributed by atoms with Crippen LogP contribution in [0.4, 0.5) is 0 Å². The molecule has 0 radical (unpaired) electrons. The highest BCUT2D eigenvalue weighted by Gasteiger charge is 2.29. The molecular formula is C15H23N3O. The molecule has 2 rings (SSSR count). The third kappa shape index (κ3) is 3.33. The minimum atomic E-state index is -0.370. The quantitative estimate of drug-likeness (QED) is 0.840. The maximum absolute atomic E-state index is 11.2. The molecule has 104 valence electrons. The van der Waals surface area contributed by atoms with E-state index in [-0.39, 0.29) is 5.91 Å². The SMILES string of the molecule is CN(Cc1cccc(C(N)=O)c1)C1CCCC1CN. The second kappa shape index (κ2) is 6.17. The van der Waals surface area contributed by atoms with Crippen LogP contribution in [-0.4, -0.2) is 30.4 Å². The van der Waals surface area contributed by atoms with Crippen LogP contribution in [0.15, 0.2) is 24.3 Å². The summed E-state index contributed by atoms with van der Waals surface area (Å²) in [4.78, 5) is 13.5. The van der Waals surface area contributed by atoms with Gasteiger partial charge in [-0.05, 0) is 50.0 Å². The molecule has 2 unspecified atom stereocenters. The molecule has 1 aromatic rings. The first-order valence-corrected chi connectivity index (χ1v) is 6.91. The van der Waals surface area contributed by atoms with Crippen LogP contribution in [0.5, 0.6) is 0 Å². The molecule has 0 bridgehead atoms. The second-order valence-corrected chi connectivity index (χ2v) is 5.47. The Balaban J connectivity index is 2.04. The molecule has 1 amide bonds. The lowest BCUT2D eigenvalue weighted by Gasteiger charge is -2.29. The van der Waals surface area contributed by atoms with Crippen molar-refractivity contribution in [3.05, 3.63) is 35.4 Å². The van der Waals surface area contributed by atoms with Crippen molar-refractivity contribution in [2.24, 2.45) is 17.4 Å². The Morgan fingerprint density at radius 2 is 2.21 bits per heavy atom. The van der Waals surface area contributed by atoms with Gasteiger partial charge in [0.2, 0.25) is 5.91 Å². The number of rotatable bonds is 5. The molecule has 1 aliphatic rings. The molecule has 2 atom stereocenters. The van der Waals surface area contributed by atoms with Gasteiger partial charge in [-0.25, -0.2) is 0 Å². The number of nitrogens with zero attached hydrogens (tertiary/aromatic N) is 1. The van der Waals surface area contributed by atoms with Gasteiger partial charge in [-0.3, -0.25) is 9.69 Å². The maximum atomic E-state index is 11.2. The molecule has 1 aliphatic carbocycles. The first kappa shape index (κ1) is 14.0. The maximum Gasteiger partial charge on any atom is 0.248 e. The van der Waals surface area contributed by atoms with Crippen LogP contribution in [0.1, 0.15) is 35.2 Å². The van der Waals surface area contributed by atoms with Crippen molar-refractivity contribution < 1.29 is 4.79 Å². The van der Waals surface area contributed by atoms with E-state index in [9.17, 15) is 4.79 Å². The average molecular weight is 261 g/mol. The Morgan fingerprint density at radius 1 is 1.42 bits per heavy atom. The topological polar surface area (TPSA) is 72.3 Å². The summed E-state index contributed by atoms with van der Waals surface area (Å²) in [5.41, 5.74) is 12.8. The summed E-state index contributed by atoms with van der Waals surface area (Å²) in [6.45, 7) is 1.60. The highest BCUT2D eigenvalue weighted by Crippen LogP contribution is 2.29. The van der Waals surface area contributed by atoms with Gasteiger partial charge in [0.1, 0.15) is 0 Å². The van der Waals surface area contributed by atoms with Crippen molar-refractivity contribution in [2.75, 3.05) is 13.6 Å². The van der Waals surface area contributed by atoms with Gasteiger partial charge < -0.3 is 11.5 Å². The van der Waals surface area contributed by atoms with Crippen molar-refractivity contribution in [1.29, 1.82) is 0 Å². The number of nitrogens with two attached hydrogens (primary N) is 2. The predicted molar refractivity (Wildman–Crippen MR) is 76.6 cm³/mol. The van der Waals surface area contributed by atoms with E-state index in [2.05, 4.69) is 11.9 Å². The van der Waals surface area contributed by atoms with E-state index in [1.165, 1.54) is 19.3 Å². The first-order chi connectivity index (χ1) is 9.11. The van der Waals surface area contributed by atoms with E-state index >= 15 is 0 Å². The molecule has 0 heterocycles. The van der Waals surface area contributed by atoms with Gasteiger partial charge in [-0.2, -0.15) is 0 Å². The summed E-state index contributed by atoms with van der Waals surface area (Å²) in [6, 6.07) is 8.12. The summed E-state index contributed by atoms with van der Waals surface area (Å²) in [5.74, 6) is 0.231. The summed E-state index contributed by atoms with van der Waals surface area (Å²) in [5, 5.41) is 0. The molecule has 1 aromatic carbocycles. The van der Waals surface area contributed by atoms with Gasteiger partial charge in [-0.1, -0.05) is 18.6 Å². The number of benzene rings is 1. The van der Waals surface area contributed by atoms with Gasteiger partial charge in [0, 0.05) is 18.2 Å². The standard InChI is InChI=1S/C15H23N3O/c1-18(14-7-3-6-13(14)9-16)10-11-4-2-5-12(8-11)15(17)19/h2,4-5,8,13-14H,3,6-7,9-10,16H2,1H3,(H2,17,19). The highest BCUT2D eigenvalue weighted by atomic mass is 16.1. The molecule has 0 aromatic heterocycles. The van der Waals surface area contributed by atoms with E-state index in [1.54, 1.807) is 6.07 Å². The summed E-state index contributed by atoms with van der Waals surface area (Å²) in [7, 11) is 2.13. The Labute approximate surface area is 114 Å². The van der Waals surface area contributed by atoms with Crippen molar-refractivity contribution in [2.45, 2.75) is 31.8 Å². The fourth-order valence-electron chi connectivity index (χ4n) is 3.10. The van der Waals surface area contributed by atoms with Crippen LogP contribution in [0.3, 0.4) is 0 Å². The molecule has 4 nitrogen and oxygen atoms in total. The lowest BCUT2D eigenvalue weighted by atomic mass is 10.0. The Hall–Kier alpha value is -1.39. The minimum Gasteiger partial charge on any atom is -0.366 e. The molecule has 1 saturated carbocycles. The van der Waals surface area contributed by atoms with Gasteiger partial charge >= 0.3 is 0 Å². The van der Waals surface area contributed by atoms with Crippen LogP contribution >= 0.6 is 0 Å². The molecule has 19 heavy (non-hydrogen) atoms. The number of amides is 1. The van der Waals surface area contributed by atoms with Crippen molar-refractivity contribution in [3.8, 4) is 0 Å². The van der Waals surface area contributed by atoms with E-state index in [0.29, 0.717) is 17.5 Å². The zero-order valence-corrected chi connectivity index (χ0v) is 11.5. The van der Waals surface area contributed by atoms with Crippen molar-refractivity contribution >= 4 is 5.91 Å². The smallest absolute Gasteiger partial charge is 0.248 e. The van der Waals surface area contributed by atoms with E-state index in [0.717, 1.165) is 18.7 Å². The number of carbonyl (C=O) groups is 1. The Bertz CT molecular complexity index is 447. The molecule has 4 heteroatoms. The molecule has 0 aliphatic heterocycles. The molecule has 4 N–H and O–H groups in total. The second-order valence-electron chi connectivity index (χ2n) is 5.47. The lowest BCUT2D eigenvalue weighted by Crippen LogP contribution is -2.37. The first-order valence-electron chi connectivity index (χ1n) is 6.91. The molecule has 1 fully saturated rings. The molecular weight excluding hydrogens is 238 g/mol. The van der Waals surface area contributed by atoms with Gasteiger partial charge in [0.15, 0.2) is 0 Å².